The van der Waals surface area contributed by atoms with Crippen molar-refractivity contribution in [1.82, 2.24) is 34.1 Å². The van der Waals surface area contributed by atoms with Crippen LogP contribution in [0, 0.1) is 5.92 Å². The van der Waals surface area contributed by atoms with Crippen LogP contribution < -0.4 is 16.2 Å². The van der Waals surface area contributed by atoms with Crippen molar-refractivity contribution in [3.63, 3.8) is 0 Å². The third kappa shape index (κ3) is 9.39. The van der Waals surface area contributed by atoms with Crippen molar-refractivity contribution < 1.29 is 47.6 Å². The molecule has 0 spiro atoms. The summed E-state index contributed by atoms with van der Waals surface area (Å²) in [6, 6.07) is 10.5. The summed E-state index contributed by atoms with van der Waals surface area (Å²) in [5.74, 6) is -0.954. The summed E-state index contributed by atoms with van der Waals surface area (Å²) in [6.45, 7) is 8.71. The van der Waals surface area contributed by atoms with Gasteiger partial charge in [0.05, 0.1) is 31.0 Å². The third-order valence-corrected chi connectivity index (χ3v) is 17.2. The van der Waals surface area contributed by atoms with E-state index in [0.717, 1.165) is 0 Å². The van der Waals surface area contributed by atoms with Crippen LogP contribution in [0.4, 0.5) is 11.8 Å². The fourth-order valence-electron chi connectivity index (χ4n) is 6.74. The average Bonchev–Trinajstić information content (AvgIpc) is 3.99. The maximum absolute atomic E-state index is 13.1. The number of anilines is 2. The van der Waals surface area contributed by atoms with Gasteiger partial charge in [-0.2, -0.15) is 4.98 Å². The molecule has 7 rings (SSSR count). The molecule has 2 aliphatic heterocycles. The predicted molar refractivity (Wildman–Crippen MR) is 228 cm³/mol. The second kappa shape index (κ2) is 17.4. The smallest absolute Gasteiger partial charge is 0.325 e. The first-order valence-electron chi connectivity index (χ1n) is 19.7. The molecule has 8 atom stereocenters. The van der Waals surface area contributed by atoms with Crippen LogP contribution in [0.1, 0.15) is 63.9 Å². The second-order valence-corrected chi connectivity index (χ2v) is 24.3. The lowest BCUT2D eigenvalue weighted by atomic mass is 10.1. The number of rotatable bonds is 14. The molecule has 61 heavy (non-hydrogen) atoms. The Morgan fingerprint density at radius 3 is 2.49 bits per heavy atom. The number of carbonyl (C=O) groups is 2. The third-order valence-electron chi connectivity index (χ3n) is 11.1. The van der Waals surface area contributed by atoms with Crippen molar-refractivity contribution in [3.8, 4) is 0 Å². The van der Waals surface area contributed by atoms with Gasteiger partial charge in [-0.25, -0.2) is 15.0 Å². The minimum atomic E-state index is -4.16. The molecular weight excluding hydrogens is 850 g/mol. The summed E-state index contributed by atoms with van der Waals surface area (Å²) >= 11 is 5.48. The molecule has 6 N–H and O–H groups in total. The van der Waals surface area contributed by atoms with Gasteiger partial charge in [-0.15, -0.1) is 0 Å². The Bertz CT molecular complexity index is 2510. The van der Waals surface area contributed by atoms with Gasteiger partial charge in [-0.1, -0.05) is 52.8 Å². The molecule has 2 fully saturated rings. The first kappa shape index (κ1) is 44.7. The number of nitrogens with one attached hydrogen (secondary N) is 3. The summed E-state index contributed by atoms with van der Waals surface area (Å²) in [5, 5.41) is 27.6. The summed E-state index contributed by atoms with van der Waals surface area (Å²) < 4.78 is 34.3. The monoisotopic (exact) mass is 899 g/mol. The molecule has 6 heterocycles. The largest absolute Gasteiger partial charge is 0.407 e. The van der Waals surface area contributed by atoms with Crippen LogP contribution in [0.3, 0.4) is 0 Å². The van der Waals surface area contributed by atoms with Gasteiger partial charge >= 0.3 is 6.72 Å². The molecule has 5 aromatic rings. The van der Waals surface area contributed by atoms with Gasteiger partial charge in [0.1, 0.15) is 42.2 Å². The topological polar surface area (TPSA) is 259 Å². The van der Waals surface area contributed by atoms with Gasteiger partial charge in [0.25, 0.3) is 11.5 Å². The number of ether oxygens (including phenoxy) is 2. The van der Waals surface area contributed by atoms with Crippen molar-refractivity contribution in [3.05, 3.63) is 71.2 Å². The van der Waals surface area contributed by atoms with E-state index in [9.17, 15) is 29.5 Å². The average molecular weight is 900 g/mol. The molecule has 4 unspecified atom stereocenters. The molecule has 2 amide bonds. The maximum Gasteiger partial charge on any atom is 0.325 e. The van der Waals surface area contributed by atoms with Crippen LogP contribution in [-0.4, -0.2) is 113 Å². The quantitative estimate of drug-likeness (QED) is 0.0681. The highest BCUT2D eigenvalue weighted by molar-refractivity contribution is 8.07. The predicted octanol–water partition coefficient (Wildman–Crippen LogP) is 3.96. The number of aliphatic hydroxyl groups is 2. The molecule has 0 aliphatic carbocycles. The van der Waals surface area contributed by atoms with Crippen LogP contribution in [0.15, 0.2) is 60.0 Å². The number of hydrogen-bond donors (Lipinski definition) is 6. The first-order chi connectivity index (χ1) is 28.8. The number of nitrogens with zero attached hydrogens (tertiary/aromatic N) is 6. The molecule has 328 valence electrons. The Morgan fingerprint density at radius 1 is 1.07 bits per heavy atom. The Hall–Kier alpha value is -4.32. The van der Waals surface area contributed by atoms with Crippen molar-refractivity contribution in [2.45, 2.75) is 102 Å². The standard InChI is InChI=1S/C38H50N9O11PSSi/c1-20(2)32(50)44-37-43-31-26(34(52)45-37)41-19-47(31)35-24(15-22(16-48)55-35)57-59(53,60)54-17-25-27(49)28(58-61(6,7)38(3,4)5)36(56-25)46-14-13-23-29(39-18-40-30(23)46)42-33(51)21-11-9-8-10-12-21/h8-14,18-20,22,24-25,27-28,35-36,48-49H,15-17H2,1-7H3,(H,53,60)(H,39,40,42,51)(H2,43,44,45,50,52)/t22-,24?,25+,27?,28?,35+,36+,59?/m0/s1. The fourth-order valence-corrected chi connectivity index (χ4v) is 9.48. The van der Waals surface area contributed by atoms with E-state index in [4.69, 9.17) is 34.8 Å². The van der Waals surface area contributed by atoms with Crippen LogP contribution in [-0.2, 0) is 39.5 Å². The number of amides is 2. The van der Waals surface area contributed by atoms with Crippen molar-refractivity contribution in [2.75, 3.05) is 23.8 Å². The molecule has 2 aliphatic rings. The molecule has 0 radical (unpaired) electrons. The Labute approximate surface area is 356 Å². The summed E-state index contributed by atoms with van der Waals surface area (Å²) in [6.07, 6.45) is -2.72. The highest BCUT2D eigenvalue weighted by Crippen LogP contribution is 2.51. The van der Waals surface area contributed by atoms with Crippen LogP contribution >= 0.6 is 6.72 Å². The number of aromatic nitrogens is 7. The molecule has 0 bridgehead atoms. The van der Waals surface area contributed by atoms with Gasteiger partial charge in [-0.05, 0) is 48.1 Å². The zero-order valence-corrected chi connectivity index (χ0v) is 37.3. The van der Waals surface area contributed by atoms with Crippen molar-refractivity contribution in [1.29, 1.82) is 0 Å². The van der Waals surface area contributed by atoms with Crippen molar-refractivity contribution in [2.24, 2.45) is 5.92 Å². The number of imidazole rings is 1. The number of carbonyl (C=O) groups excluding carboxylic acids is 2. The zero-order chi connectivity index (χ0) is 44.0. The second-order valence-electron chi connectivity index (χ2n) is 16.8. The SMILES string of the molecule is CC(C)C(=O)Nc1nc2c(ncn2[C@@H]2O[C@H](CO)CC2OP(O)(=S)OC[C@H]2O[C@@H](n3ccc4c(NC(=O)c5ccccc5)ncnc43)C(O[Si](C)(C)C(C)(C)C)C2O)c(=O)[nH]1. The first-order valence-corrected chi connectivity index (χ1v) is 25.2. The highest BCUT2D eigenvalue weighted by Gasteiger charge is 2.51. The minimum absolute atomic E-state index is 0.0435. The Kier molecular flexibility index (Phi) is 12.8. The van der Waals surface area contributed by atoms with E-state index < -0.39 is 82.7 Å². The van der Waals surface area contributed by atoms with Crippen LogP contribution in [0.5, 0.6) is 0 Å². The van der Waals surface area contributed by atoms with E-state index in [2.05, 4.69) is 56.3 Å². The molecule has 4 aromatic heterocycles. The number of hydrogen-bond acceptors (Lipinski definition) is 15. The lowest BCUT2D eigenvalue weighted by molar-refractivity contribution is -0.118. The van der Waals surface area contributed by atoms with E-state index in [1.165, 1.54) is 17.2 Å². The molecule has 0 saturated carbocycles. The maximum atomic E-state index is 13.1. The number of aromatic amines is 1. The highest BCUT2D eigenvalue weighted by atomic mass is 32.5. The normalized spacial score (nSPS) is 24.4. The van der Waals surface area contributed by atoms with E-state index >= 15 is 0 Å². The number of benzene rings is 1. The van der Waals surface area contributed by atoms with Crippen LogP contribution in [0.2, 0.25) is 18.1 Å². The Balaban J connectivity index is 1.12. The van der Waals surface area contributed by atoms with E-state index in [1.807, 2.05) is 19.2 Å². The number of H-pyrrole nitrogens is 1. The van der Waals surface area contributed by atoms with Gasteiger partial charge < -0.3 is 47.9 Å². The fraction of sp³-hybridized carbons (Fsp3) is 0.500. The molecule has 23 heteroatoms. The zero-order valence-electron chi connectivity index (χ0n) is 34.6. The summed E-state index contributed by atoms with van der Waals surface area (Å²) in [7, 11) is -2.56. The molecule has 20 nitrogen and oxygen atoms in total. The van der Waals surface area contributed by atoms with Gasteiger partial charge in [0, 0.05) is 24.1 Å². The lowest BCUT2D eigenvalue weighted by Crippen LogP contribution is -2.48. The van der Waals surface area contributed by atoms with Gasteiger partial charge in [0.2, 0.25) is 11.9 Å². The summed E-state index contributed by atoms with van der Waals surface area (Å²) in [4.78, 5) is 69.7. The van der Waals surface area contributed by atoms with Crippen molar-refractivity contribution >= 4 is 72.6 Å². The summed E-state index contributed by atoms with van der Waals surface area (Å²) in [5.41, 5.74) is 0.226. The molecule has 2 saturated heterocycles. The van der Waals surface area contributed by atoms with Gasteiger partial charge in [-0.3, -0.25) is 29.3 Å². The van der Waals surface area contributed by atoms with E-state index in [0.29, 0.717) is 16.6 Å². The van der Waals surface area contributed by atoms with E-state index in [1.54, 1.807) is 54.9 Å². The number of aliphatic hydroxyl groups excluding tert-OH is 2. The number of fused-ring (bicyclic) bond motifs is 2. The lowest BCUT2D eigenvalue weighted by Gasteiger charge is -2.40. The molecule has 1 aromatic carbocycles. The Morgan fingerprint density at radius 2 is 1.80 bits per heavy atom. The van der Waals surface area contributed by atoms with Gasteiger partial charge in [0.15, 0.2) is 31.9 Å². The van der Waals surface area contributed by atoms with Crippen LogP contribution in [0.25, 0.3) is 22.2 Å². The minimum Gasteiger partial charge on any atom is -0.407 e. The molecular formula is C38H50N9O11PSSi. The van der Waals surface area contributed by atoms with E-state index in [-0.39, 0.29) is 46.2 Å².